The number of rotatable bonds is 3. The minimum Gasteiger partial charge on any atom is -0.356 e. The molecular formula is C11H15F3N4O. The molecule has 0 radical (unpaired) electrons. The smallest absolute Gasteiger partial charge is 0.356 e. The van der Waals surface area contributed by atoms with Crippen LogP contribution < -0.4 is 10.6 Å². The zero-order chi connectivity index (χ0) is 14.0. The molecule has 106 valence electrons. The van der Waals surface area contributed by atoms with Gasteiger partial charge in [0.15, 0.2) is 0 Å². The van der Waals surface area contributed by atoms with Gasteiger partial charge in [-0.15, -0.1) is 0 Å². The second kappa shape index (κ2) is 5.10. The van der Waals surface area contributed by atoms with Gasteiger partial charge in [0.05, 0.1) is 6.42 Å². The number of aryl methyl sites for hydroxylation is 1. The van der Waals surface area contributed by atoms with Gasteiger partial charge in [-0.3, -0.25) is 4.79 Å². The summed E-state index contributed by atoms with van der Waals surface area (Å²) in [7, 11) is 0. The van der Waals surface area contributed by atoms with Crippen molar-refractivity contribution >= 4 is 11.9 Å². The summed E-state index contributed by atoms with van der Waals surface area (Å²) in [6.07, 6.45) is -2.86. The van der Waals surface area contributed by atoms with Gasteiger partial charge in [-0.1, -0.05) is 0 Å². The monoisotopic (exact) mass is 276 g/mol. The number of amides is 1. The van der Waals surface area contributed by atoms with Crippen molar-refractivity contribution in [2.45, 2.75) is 38.5 Å². The fraction of sp³-hybridized carbons (Fsp3) is 0.636. The van der Waals surface area contributed by atoms with Crippen LogP contribution in [0.2, 0.25) is 0 Å². The molecule has 1 amide bonds. The molecule has 5 nitrogen and oxygen atoms in total. The molecule has 0 spiro atoms. The Hall–Kier alpha value is -1.73. The van der Waals surface area contributed by atoms with Crippen molar-refractivity contribution in [2.24, 2.45) is 0 Å². The lowest BCUT2D eigenvalue weighted by atomic mass is 10.2. The third-order valence-corrected chi connectivity index (χ3v) is 2.78. The number of aromatic nitrogens is 2. The molecule has 0 saturated heterocycles. The van der Waals surface area contributed by atoms with Crippen molar-refractivity contribution in [1.29, 1.82) is 0 Å². The van der Waals surface area contributed by atoms with Crippen molar-refractivity contribution in [3.8, 4) is 0 Å². The Morgan fingerprint density at radius 1 is 1.63 bits per heavy atom. The third kappa shape index (κ3) is 3.62. The number of hydrogen-bond donors (Lipinski definition) is 2. The molecule has 0 aromatic carbocycles. The van der Waals surface area contributed by atoms with E-state index in [9.17, 15) is 18.0 Å². The molecule has 0 aliphatic carbocycles. The number of nitrogens with one attached hydrogen (secondary N) is 2. The van der Waals surface area contributed by atoms with Crippen LogP contribution in [0.5, 0.6) is 0 Å². The number of carbonyl (C=O) groups excluding carboxylic acids is 1. The zero-order valence-corrected chi connectivity index (χ0v) is 10.4. The van der Waals surface area contributed by atoms with E-state index in [2.05, 4.69) is 15.6 Å². The quantitative estimate of drug-likeness (QED) is 0.884. The Morgan fingerprint density at radius 2 is 2.37 bits per heavy atom. The third-order valence-electron chi connectivity index (χ3n) is 2.78. The first-order chi connectivity index (χ1) is 8.85. The highest BCUT2D eigenvalue weighted by molar-refractivity contribution is 5.92. The van der Waals surface area contributed by atoms with E-state index < -0.39 is 24.5 Å². The SMILES string of the molecule is CC(CC(F)(F)F)NC(=O)c1cn2c(n1)NCCC2. The van der Waals surface area contributed by atoms with Crippen LogP contribution in [0.25, 0.3) is 0 Å². The van der Waals surface area contributed by atoms with Gasteiger partial charge in [0.1, 0.15) is 5.69 Å². The maximum Gasteiger partial charge on any atom is 0.391 e. The van der Waals surface area contributed by atoms with Crippen molar-refractivity contribution in [3.63, 3.8) is 0 Å². The maximum atomic E-state index is 12.2. The summed E-state index contributed by atoms with van der Waals surface area (Å²) in [6, 6.07) is -0.973. The summed E-state index contributed by atoms with van der Waals surface area (Å²) in [6.45, 7) is 2.85. The molecule has 2 N–H and O–H groups in total. The molecule has 0 saturated carbocycles. The summed E-state index contributed by atoms with van der Waals surface area (Å²) in [4.78, 5) is 15.8. The molecule has 1 atom stereocenters. The van der Waals surface area contributed by atoms with Crippen molar-refractivity contribution < 1.29 is 18.0 Å². The van der Waals surface area contributed by atoms with Crippen LogP contribution in [0.4, 0.5) is 19.1 Å². The average Bonchev–Trinajstić information content (AvgIpc) is 2.69. The van der Waals surface area contributed by atoms with E-state index in [1.807, 2.05) is 0 Å². The van der Waals surface area contributed by atoms with Crippen LogP contribution >= 0.6 is 0 Å². The summed E-state index contributed by atoms with van der Waals surface area (Å²) in [5.41, 5.74) is 0.137. The van der Waals surface area contributed by atoms with Crippen LogP contribution in [-0.4, -0.2) is 34.2 Å². The Morgan fingerprint density at radius 3 is 3.00 bits per heavy atom. The summed E-state index contributed by atoms with van der Waals surface area (Å²) in [5.74, 6) is 0.000300. The minimum absolute atomic E-state index is 0.137. The highest BCUT2D eigenvalue weighted by Crippen LogP contribution is 2.21. The van der Waals surface area contributed by atoms with Crippen LogP contribution in [0.3, 0.4) is 0 Å². The number of imidazole rings is 1. The van der Waals surface area contributed by atoms with Crippen molar-refractivity contribution in [3.05, 3.63) is 11.9 Å². The second-order valence-corrected chi connectivity index (χ2v) is 4.62. The number of anilines is 1. The first-order valence-electron chi connectivity index (χ1n) is 6.04. The van der Waals surface area contributed by atoms with Crippen LogP contribution in [0.15, 0.2) is 6.20 Å². The van der Waals surface area contributed by atoms with E-state index in [1.54, 1.807) is 10.8 Å². The second-order valence-electron chi connectivity index (χ2n) is 4.62. The minimum atomic E-state index is -4.29. The van der Waals surface area contributed by atoms with Crippen LogP contribution in [0, 0.1) is 0 Å². The molecule has 2 rings (SSSR count). The molecule has 1 unspecified atom stereocenters. The molecule has 1 aromatic heterocycles. The van der Waals surface area contributed by atoms with Gasteiger partial charge >= 0.3 is 6.18 Å². The summed E-state index contributed by atoms with van der Waals surface area (Å²) in [5, 5.41) is 5.32. The highest BCUT2D eigenvalue weighted by Gasteiger charge is 2.31. The molecule has 0 fully saturated rings. The fourth-order valence-corrected chi connectivity index (χ4v) is 1.98. The predicted molar refractivity (Wildman–Crippen MR) is 62.9 cm³/mol. The number of nitrogens with zero attached hydrogens (tertiary/aromatic N) is 2. The number of fused-ring (bicyclic) bond motifs is 1. The highest BCUT2D eigenvalue weighted by atomic mass is 19.4. The number of alkyl halides is 3. The van der Waals surface area contributed by atoms with Crippen molar-refractivity contribution in [1.82, 2.24) is 14.9 Å². The first kappa shape index (κ1) is 13.7. The van der Waals surface area contributed by atoms with Gasteiger partial charge in [0.2, 0.25) is 5.95 Å². The first-order valence-corrected chi connectivity index (χ1v) is 6.04. The summed E-state index contributed by atoms with van der Waals surface area (Å²) < 4.78 is 38.3. The molecular weight excluding hydrogens is 261 g/mol. The van der Waals surface area contributed by atoms with E-state index in [0.717, 1.165) is 19.5 Å². The van der Waals surface area contributed by atoms with Gasteiger partial charge in [0.25, 0.3) is 5.91 Å². The van der Waals surface area contributed by atoms with E-state index in [-0.39, 0.29) is 5.69 Å². The lowest BCUT2D eigenvalue weighted by Gasteiger charge is -2.14. The molecule has 0 bridgehead atoms. The van der Waals surface area contributed by atoms with E-state index >= 15 is 0 Å². The molecule has 1 aliphatic heterocycles. The summed E-state index contributed by atoms with van der Waals surface area (Å²) >= 11 is 0. The number of halogens is 3. The van der Waals surface area contributed by atoms with E-state index in [0.29, 0.717) is 5.95 Å². The average molecular weight is 276 g/mol. The van der Waals surface area contributed by atoms with Gasteiger partial charge in [-0.2, -0.15) is 13.2 Å². The van der Waals surface area contributed by atoms with E-state index in [4.69, 9.17) is 0 Å². The van der Waals surface area contributed by atoms with Crippen LogP contribution in [-0.2, 0) is 6.54 Å². The molecule has 8 heteroatoms. The van der Waals surface area contributed by atoms with Gasteiger partial charge in [-0.05, 0) is 13.3 Å². The molecule has 1 aromatic rings. The lowest BCUT2D eigenvalue weighted by molar-refractivity contribution is -0.138. The Labute approximate surface area is 108 Å². The molecule has 1 aliphatic rings. The topological polar surface area (TPSA) is 59.0 Å². The maximum absolute atomic E-state index is 12.2. The number of hydrogen-bond acceptors (Lipinski definition) is 3. The number of carbonyl (C=O) groups is 1. The standard InChI is InChI=1S/C11H15F3N4O/c1-7(5-11(12,13)14)16-9(19)8-6-18-4-2-3-15-10(18)17-8/h6-7H,2-5H2,1H3,(H,15,17)(H,16,19). The fourth-order valence-electron chi connectivity index (χ4n) is 1.98. The zero-order valence-electron chi connectivity index (χ0n) is 10.4. The normalized spacial score (nSPS) is 16.4. The van der Waals surface area contributed by atoms with Crippen LogP contribution in [0.1, 0.15) is 30.3 Å². The Balaban J connectivity index is 1.98. The molecule has 19 heavy (non-hydrogen) atoms. The molecule has 2 heterocycles. The predicted octanol–water partition coefficient (Wildman–Crippen LogP) is 1.77. The lowest BCUT2D eigenvalue weighted by Crippen LogP contribution is -2.36. The van der Waals surface area contributed by atoms with Gasteiger partial charge in [-0.25, -0.2) is 4.98 Å². The van der Waals surface area contributed by atoms with E-state index in [1.165, 1.54) is 6.92 Å². The van der Waals surface area contributed by atoms with Gasteiger partial charge < -0.3 is 15.2 Å². The van der Waals surface area contributed by atoms with Crippen molar-refractivity contribution in [2.75, 3.05) is 11.9 Å². The Bertz CT molecular complexity index is 445. The largest absolute Gasteiger partial charge is 0.391 e. The Kier molecular flexibility index (Phi) is 3.68. The van der Waals surface area contributed by atoms with Gasteiger partial charge in [0, 0.05) is 25.3 Å².